The number of nitrogens with zero attached hydrogens (tertiary/aromatic N) is 2. The smallest absolute Gasteiger partial charge is 0.251 e. The first kappa shape index (κ1) is 20.2. The van der Waals surface area contributed by atoms with Crippen molar-refractivity contribution in [1.82, 2.24) is 5.32 Å². The van der Waals surface area contributed by atoms with Crippen LogP contribution in [0.5, 0.6) is 0 Å². The zero-order valence-electron chi connectivity index (χ0n) is 16.3. The van der Waals surface area contributed by atoms with Crippen LogP contribution in [0.15, 0.2) is 94.2 Å². The molecule has 6 nitrogen and oxygen atoms in total. The maximum absolute atomic E-state index is 12.3. The predicted molar refractivity (Wildman–Crippen MR) is 121 cm³/mol. The zero-order valence-corrected chi connectivity index (χ0v) is 17.1. The SMILES string of the molecule is O=C(NCCCN(C1=NS(O)(O)c2ccccc21)c1ccccc1)c1ccccc1. The van der Waals surface area contributed by atoms with E-state index in [2.05, 4.69) is 9.71 Å². The molecule has 0 radical (unpaired) electrons. The van der Waals surface area contributed by atoms with E-state index in [1.165, 1.54) is 0 Å². The molecule has 0 unspecified atom stereocenters. The Labute approximate surface area is 177 Å². The fraction of sp³-hybridized carbons (Fsp3) is 0.130. The number of nitrogens with one attached hydrogen (secondary N) is 1. The van der Waals surface area contributed by atoms with Crippen LogP contribution in [0.25, 0.3) is 0 Å². The Morgan fingerprint density at radius 3 is 2.27 bits per heavy atom. The molecule has 7 heteroatoms. The Morgan fingerprint density at radius 2 is 1.53 bits per heavy atom. The number of rotatable bonds is 6. The third-order valence-corrected chi connectivity index (χ3v) is 6.21. The molecule has 1 heterocycles. The van der Waals surface area contributed by atoms with Gasteiger partial charge in [0.25, 0.3) is 5.91 Å². The number of carbonyl (C=O) groups is 1. The summed E-state index contributed by atoms with van der Waals surface area (Å²) < 4.78 is 25.2. The highest BCUT2D eigenvalue weighted by atomic mass is 32.3. The van der Waals surface area contributed by atoms with Crippen LogP contribution in [0.1, 0.15) is 22.3 Å². The molecule has 154 valence electrons. The first-order chi connectivity index (χ1) is 14.6. The molecule has 30 heavy (non-hydrogen) atoms. The summed E-state index contributed by atoms with van der Waals surface area (Å²) in [6, 6.07) is 26.0. The van der Waals surface area contributed by atoms with Gasteiger partial charge in [-0.2, -0.15) is 0 Å². The van der Waals surface area contributed by atoms with Gasteiger partial charge in [0.1, 0.15) is 0 Å². The molecule has 3 aromatic rings. The quantitative estimate of drug-likeness (QED) is 0.499. The summed E-state index contributed by atoms with van der Waals surface area (Å²) in [5.41, 5.74) is 2.24. The maximum Gasteiger partial charge on any atom is 0.251 e. The van der Waals surface area contributed by atoms with Crippen LogP contribution >= 0.6 is 10.8 Å². The molecule has 0 aliphatic carbocycles. The lowest BCUT2D eigenvalue weighted by molar-refractivity contribution is 0.0953. The molecular formula is C23H23N3O3S. The summed E-state index contributed by atoms with van der Waals surface area (Å²) in [5, 5.41) is 2.93. The number of fused-ring (bicyclic) bond motifs is 1. The minimum absolute atomic E-state index is 0.111. The third-order valence-electron chi connectivity index (χ3n) is 4.84. The van der Waals surface area contributed by atoms with Gasteiger partial charge in [-0.05, 0) is 42.8 Å². The van der Waals surface area contributed by atoms with Gasteiger partial charge in [-0.3, -0.25) is 13.9 Å². The van der Waals surface area contributed by atoms with Crippen LogP contribution in [0.3, 0.4) is 0 Å². The van der Waals surface area contributed by atoms with Crippen LogP contribution in [-0.4, -0.2) is 33.9 Å². The van der Waals surface area contributed by atoms with Crippen molar-refractivity contribution < 1.29 is 13.9 Å². The molecule has 0 fully saturated rings. The maximum atomic E-state index is 12.3. The second-order valence-corrected chi connectivity index (χ2v) is 8.55. The number of anilines is 1. The van der Waals surface area contributed by atoms with Gasteiger partial charge in [0.05, 0.1) is 4.90 Å². The number of amides is 1. The van der Waals surface area contributed by atoms with Gasteiger partial charge in [0, 0.05) is 29.9 Å². The fourth-order valence-corrected chi connectivity index (χ4v) is 4.65. The van der Waals surface area contributed by atoms with E-state index >= 15 is 0 Å². The average molecular weight is 422 g/mol. The lowest BCUT2D eigenvalue weighted by atomic mass is 10.1. The normalized spacial score (nSPS) is 15.1. The van der Waals surface area contributed by atoms with E-state index in [4.69, 9.17) is 0 Å². The molecule has 0 spiro atoms. The topological polar surface area (TPSA) is 85.2 Å². The van der Waals surface area contributed by atoms with Crippen molar-refractivity contribution in [1.29, 1.82) is 0 Å². The average Bonchev–Trinajstić information content (AvgIpc) is 3.06. The molecule has 0 saturated carbocycles. The van der Waals surface area contributed by atoms with Crippen molar-refractivity contribution in [3.63, 3.8) is 0 Å². The summed E-state index contributed by atoms with van der Waals surface area (Å²) in [6.45, 7) is 1.05. The van der Waals surface area contributed by atoms with E-state index < -0.39 is 10.8 Å². The lowest BCUT2D eigenvalue weighted by Crippen LogP contribution is -2.34. The molecule has 1 aliphatic rings. The minimum atomic E-state index is -3.21. The fourth-order valence-electron chi connectivity index (χ4n) is 3.40. The van der Waals surface area contributed by atoms with Gasteiger partial charge in [-0.1, -0.05) is 59.3 Å². The minimum Gasteiger partial charge on any atom is -0.352 e. The summed E-state index contributed by atoms with van der Waals surface area (Å²) in [7, 11) is -3.21. The van der Waals surface area contributed by atoms with Gasteiger partial charge < -0.3 is 10.2 Å². The number of para-hydroxylation sites is 1. The highest BCUT2D eigenvalue weighted by Gasteiger charge is 2.32. The van der Waals surface area contributed by atoms with Crippen molar-refractivity contribution in [3.8, 4) is 0 Å². The van der Waals surface area contributed by atoms with Gasteiger partial charge in [0.2, 0.25) is 0 Å². The van der Waals surface area contributed by atoms with Gasteiger partial charge in [-0.15, -0.1) is 4.40 Å². The van der Waals surface area contributed by atoms with E-state index in [1.807, 2.05) is 65.6 Å². The second-order valence-electron chi connectivity index (χ2n) is 6.89. The largest absolute Gasteiger partial charge is 0.352 e. The number of carbonyl (C=O) groups excluding carboxylic acids is 1. The van der Waals surface area contributed by atoms with Crippen molar-refractivity contribution in [2.45, 2.75) is 11.3 Å². The van der Waals surface area contributed by atoms with Crippen LogP contribution < -0.4 is 10.2 Å². The van der Waals surface area contributed by atoms with Crippen molar-refractivity contribution >= 4 is 28.2 Å². The first-order valence-electron chi connectivity index (χ1n) is 9.70. The third kappa shape index (κ3) is 4.23. The van der Waals surface area contributed by atoms with Crippen molar-refractivity contribution in [3.05, 3.63) is 96.1 Å². The molecule has 3 N–H and O–H groups in total. The van der Waals surface area contributed by atoms with Crippen molar-refractivity contribution in [2.75, 3.05) is 18.0 Å². The monoisotopic (exact) mass is 421 g/mol. The number of amidine groups is 1. The molecule has 1 amide bonds. The van der Waals surface area contributed by atoms with Crippen LogP contribution in [-0.2, 0) is 0 Å². The van der Waals surface area contributed by atoms with E-state index in [-0.39, 0.29) is 5.91 Å². The Hall–Kier alpha value is -3.13. The zero-order chi connectivity index (χ0) is 21.0. The van der Waals surface area contributed by atoms with Crippen LogP contribution in [0.4, 0.5) is 5.69 Å². The molecule has 0 aromatic heterocycles. The summed E-state index contributed by atoms with van der Waals surface area (Å²) in [5.74, 6) is 0.422. The highest BCUT2D eigenvalue weighted by Crippen LogP contribution is 2.56. The molecule has 4 rings (SSSR count). The first-order valence-corrected chi connectivity index (χ1v) is 11.2. The number of benzene rings is 3. The Bertz CT molecular complexity index is 1060. The van der Waals surface area contributed by atoms with E-state index in [1.54, 1.807) is 24.3 Å². The molecule has 1 aliphatic heterocycles. The van der Waals surface area contributed by atoms with Gasteiger partial charge in [-0.25, -0.2) is 0 Å². The van der Waals surface area contributed by atoms with E-state index in [0.29, 0.717) is 35.8 Å². The van der Waals surface area contributed by atoms with E-state index in [0.717, 1.165) is 11.3 Å². The van der Waals surface area contributed by atoms with Crippen molar-refractivity contribution in [2.24, 2.45) is 4.40 Å². The van der Waals surface area contributed by atoms with Gasteiger partial charge >= 0.3 is 0 Å². The molecule has 0 saturated heterocycles. The predicted octanol–water partition coefficient (Wildman–Crippen LogP) is 4.80. The van der Waals surface area contributed by atoms with Gasteiger partial charge in [0.15, 0.2) is 5.84 Å². The summed E-state index contributed by atoms with van der Waals surface area (Å²) in [4.78, 5) is 14.7. The molecular weight excluding hydrogens is 398 g/mol. The van der Waals surface area contributed by atoms with Crippen LogP contribution in [0, 0.1) is 0 Å². The second kappa shape index (κ2) is 8.71. The Balaban J connectivity index is 1.50. The Morgan fingerprint density at radius 1 is 0.900 bits per heavy atom. The standard InChI is InChI=1S/C23H23N3O3S/c27-23(18-10-3-1-4-11-18)24-16-9-17-26(19-12-5-2-6-13-19)22-20-14-7-8-15-21(20)30(28,29)25-22/h1-8,10-15,28-29H,9,16-17H2,(H,24,27). The summed E-state index contributed by atoms with van der Waals surface area (Å²) in [6.07, 6.45) is 0.661. The molecule has 0 bridgehead atoms. The molecule has 3 aromatic carbocycles. The summed E-state index contributed by atoms with van der Waals surface area (Å²) >= 11 is 0. The number of hydrogen-bond acceptors (Lipinski definition) is 5. The molecule has 0 atom stereocenters. The lowest BCUT2D eigenvalue weighted by Gasteiger charge is -2.25. The number of hydrogen-bond donors (Lipinski definition) is 3. The highest BCUT2D eigenvalue weighted by molar-refractivity contribution is 8.23. The Kier molecular flexibility index (Phi) is 5.85. The van der Waals surface area contributed by atoms with Crippen LogP contribution in [0.2, 0.25) is 0 Å². The van der Waals surface area contributed by atoms with E-state index in [9.17, 15) is 13.9 Å².